The van der Waals surface area contributed by atoms with Gasteiger partial charge in [-0.25, -0.2) is 4.39 Å². The van der Waals surface area contributed by atoms with Crippen LogP contribution in [0.15, 0.2) is 23.7 Å². The van der Waals surface area contributed by atoms with Crippen molar-refractivity contribution in [2.75, 3.05) is 6.54 Å². The lowest BCUT2D eigenvalue weighted by atomic mass is 9.77. The van der Waals surface area contributed by atoms with E-state index in [1.807, 2.05) is 33.8 Å². The maximum absolute atomic E-state index is 14.1. The minimum Gasteiger partial charge on any atom is -0.400 e. The Morgan fingerprint density at radius 3 is 2.42 bits per heavy atom. The van der Waals surface area contributed by atoms with Crippen molar-refractivity contribution >= 4 is 19.1 Å². The number of halogens is 1. The van der Waals surface area contributed by atoms with E-state index in [9.17, 15) is 9.18 Å². The molecule has 0 saturated carbocycles. The van der Waals surface area contributed by atoms with E-state index < -0.39 is 24.1 Å². The van der Waals surface area contributed by atoms with Crippen LogP contribution in [0.4, 0.5) is 4.39 Å². The zero-order chi connectivity index (χ0) is 19.5. The highest BCUT2D eigenvalue weighted by molar-refractivity contribution is 6.56. The number of nitriles is 1. The molecular weight excluding hydrogens is 334 g/mol. The first-order chi connectivity index (χ1) is 12.1. The average molecular weight is 358 g/mol. The topological polar surface area (TPSA) is 71.4 Å². The summed E-state index contributed by atoms with van der Waals surface area (Å²) in [5.74, 6) is -0.615. The van der Waals surface area contributed by atoms with E-state index in [0.717, 1.165) is 0 Å². The summed E-state index contributed by atoms with van der Waals surface area (Å²) >= 11 is 0. The molecule has 0 bridgehead atoms. The third kappa shape index (κ3) is 4.51. The number of hydrogen-bond acceptors (Lipinski definition) is 4. The molecule has 1 fully saturated rings. The van der Waals surface area contributed by atoms with Gasteiger partial charge in [0.15, 0.2) is 0 Å². The van der Waals surface area contributed by atoms with Crippen molar-refractivity contribution in [3.63, 3.8) is 0 Å². The van der Waals surface area contributed by atoms with E-state index in [0.29, 0.717) is 16.6 Å². The highest BCUT2D eigenvalue weighted by Crippen LogP contribution is 2.38. The summed E-state index contributed by atoms with van der Waals surface area (Å²) in [6, 6.07) is 6.62. The molecule has 1 amide bonds. The van der Waals surface area contributed by atoms with E-state index in [1.165, 1.54) is 13.0 Å². The molecule has 1 aromatic rings. The van der Waals surface area contributed by atoms with Crippen LogP contribution in [0.5, 0.6) is 0 Å². The van der Waals surface area contributed by atoms with Gasteiger partial charge in [0.05, 0.1) is 23.7 Å². The van der Waals surface area contributed by atoms with Gasteiger partial charge in [0, 0.05) is 19.0 Å². The first-order valence-corrected chi connectivity index (χ1v) is 8.51. The Morgan fingerprint density at radius 1 is 1.31 bits per heavy atom. The standard InChI is InChI=1S/C19H24BFN2O3/c1-13(24)23-12-16(20-25-18(2,3)19(4,5)26-20)10-14-6-7-15(8-9-22)17(21)11-14/h6-7,10-11H,8,12H2,1-5H3,(H,23,24). The van der Waals surface area contributed by atoms with Gasteiger partial charge in [-0.15, -0.1) is 0 Å². The van der Waals surface area contributed by atoms with Crippen molar-refractivity contribution in [3.8, 4) is 6.07 Å². The van der Waals surface area contributed by atoms with Crippen molar-refractivity contribution in [2.45, 2.75) is 52.2 Å². The fourth-order valence-corrected chi connectivity index (χ4v) is 2.52. The summed E-state index contributed by atoms with van der Waals surface area (Å²) in [4.78, 5) is 11.3. The summed E-state index contributed by atoms with van der Waals surface area (Å²) in [7, 11) is -0.645. The van der Waals surface area contributed by atoms with Crippen molar-refractivity contribution in [1.29, 1.82) is 5.26 Å². The average Bonchev–Trinajstić information content (AvgIpc) is 2.74. The van der Waals surface area contributed by atoms with Crippen molar-refractivity contribution < 1.29 is 18.5 Å². The largest absolute Gasteiger partial charge is 0.492 e. The molecule has 26 heavy (non-hydrogen) atoms. The van der Waals surface area contributed by atoms with E-state index in [1.54, 1.807) is 18.2 Å². The van der Waals surface area contributed by atoms with Gasteiger partial charge in [-0.05, 0) is 44.8 Å². The lowest BCUT2D eigenvalue weighted by molar-refractivity contribution is -0.118. The predicted octanol–water partition coefficient (Wildman–Crippen LogP) is 3.04. The third-order valence-corrected chi connectivity index (χ3v) is 4.80. The minimum atomic E-state index is -0.645. The molecule has 1 aliphatic heterocycles. The number of carbonyl (C=O) groups excluding carboxylic acids is 1. The van der Waals surface area contributed by atoms with E-state index >= 15 is 0 Å². The minimum absolute atomic E-state index is 0.0196. The molecule has 0 spiro atoms. The number of nitrogens with zero attached hydrogens (tertiary/aromatic N) is 1. The molecular formula is C19H24BFN2O3. The smallest absolute Gasteiger partial charge is 0.400 e. The second-order valence-electron chi connectivity index (χ2n) is 7.40. The van der Waals surface area contributed by atoms with Gasteiger partial charge in [-0.2, -0.15) is 5.26 Å². The van der Waals surface area contributed by atoms with Crippen LogP contribution < -0.4 is 5.32 Å². The van der Waals surface area contributed by atoms with E-state index in [2.05, 4.69) is 5.32 Å². The molecule has 1 N–H and O–H groups in total. The predicted molar refractivity (Wildman–Crippen MR) is 98.5 cm³/mol. The summed E-state index contributed by atoms with van der Waals surface area (Å²) in [6.45, 7) is 9.43. The van der Waals surface area contributed by atoms with Gasteiger partial charge in [0.2, 0.25) is 5.91 Å². The zero-order valence-corrected chi connectivity index (χ0v) is 15.9. The van der Waals surface area contributed by atoms with E-state index in [4.69, 9.17) is 14.6 Å². The molecule has 5 nitrogen and oxygen atoms in total. The van der Waals surface area contributed by atoms with Gasteiger partial charge in [0.1, 0.15) is 5.82 Å². The van der Waals surface area contributed by atoms with Crippen LogP contribution in [0.3, 0.4) is 0 Å². The Balaban J connectivity index is 2.33. The molecule has 0 aliphatic carbocycles. The molecule has 0 aromatic heterocycles. The maximum Gasteiger partial charge on any atom is 0.492 e. The number of carbonyl (C=O) groups is 1. The van der Waals surface area contributed by atoms with Crippen LogP contribution >= 0.6 is 0 Å². The molecule has 138 valence electrons. The molecule has 1 aromatic carbocycles. The molecule has 0 radical (unpaired) electrons. The molecule has 1 saturated heterocycles. The van der Waals surface area contributed by atoms with Crippen LogP contribution in [0.1, 0.15) is 45.7 Å². The fourth-order valence-electron chi connectivity index (χ4n) is 2.52. The lowest BCUT2D eigenvalue weighted by Gasteiger charge is -2.32. The van der Waals surface area contributed by atoms with Gasteiger partial charge < -0.3 is 14.6 Å². The summed E-state index contributed by atoms with van der Waals surface area (Å²) in [5, 5.41) is 11.5. The van der Waals surface area contributed by atoms with Gasteiger partial charge >= 0.3 is 7.12 Å². The van der Waals surface area contributed by atoms with Crippen molar-refractivity contribution in [3.05, 3.63) is 40.6 Å². The highest BCUT2D eigenvalue weighted by Gasteiger charge is 2.52. The summed E-state index contributed by atoms with van der Waals surface area (Å²) in [5.41, 5.74) is 0.610. The van der Waals surface area contributed by atoms with Gasteiger partial charge in [-0.3, -0.25) is 4.79 Å². The lowest BCUT2D eigenvalue weighted by Crippen LogP contribution is -2.41. The van der Waals surface area contributed by atoms with Crippen LogP contribution in [0.2, 0.25) is 0 Å². The van der Waals surface area contributed by atoms with E-state index in [-0.39, 0.29) is 18.9 Å². The maximum atomic E-state index is 14.1. The Hall–Kier alpha value is -2.17. The Morgan fingerprint density at radius 2 is 1.92 bits per heavy atom. The Kier molecular flexibility index (Phi) is 5.89. The quantitative estimate of drug-likeness (QED) is 0.822. The second-order valence-corrected chi connectivity index (χ2v) is 7.40. The Bertz CT molecular complexity index is 753. The second kappa shape index (κ2) is 7.61. The monoisotopic (exact) mass is 358 g/mol. The molecule has 0 unspecified atom stereocenters. The first kappa shape index (κ1) is 20.2. The normalized spacial score (nSPS) is 18.5. The first-order valence-electron chi connectivity index (χ1n) is 8.51. The molecule has 1 aliphatic rings. The molecule has 1 heterocycles. The SMILES string of the molecule is CC(=O)NCC(=Cc1ccc(CC#N)c(F)c1)B1OC(C)(C)C(C)(C)O1. The summed E-state index contributed by atoms with van der Waals surface area (Å²) in [6.07, 6.45) is 1.77. The summed E-state index contributed by atoms with van der Waals surface area (Å²) < 4.78 is 26.2. The Labute approximate surface area is 154 Å². The number of hydrogen-bond donors (Lipinski definition) is 1. The number of nitrogens with one attached hydrogen (secondary N) is 1. The van der Waals surface area contributed by atoms with Crippen LogP contribution in [0.25, 0.3) is 6.08 Å². The molecule has 7 heteroatoms. The van der Waals surface area contributed by atoms with Crippen molar-refractivity contribution in [1.82, 2.24) is 5.32 Å². The van der Waals surface area contributed by atoms with Crippen molar-refractivity contribution in [2.24, 2.45) is 0 Å². The third-order valence-electron chi connectivity index (χ3n) is 4.80. The van der Waals surface area contributed by atoms with Crippen LogP contribution in [-0.2, 0) is 20.5 Å². The molecule has 0 atom stereocenters. The zero-order valence-electron chi connectivity index (χ0n) is 15.9. The van der Waals surface area contributed by atoms with Gasteiger partial charge in [-0.1, -0.05) is 18.2 Å². The van der Waals surface area contributed by atoms with Crippen LogP contribution in [0, 0.1) is 17.1 Å². The van der Waals surface area contributed by atoms with Gasteiger partial charge in [0.25, 0.3) is 0 Å². The molecule has 2 rings (SSSR count). The highest BCUT2D eigenvalue weighted by atomic mass is 19.1. The number of rotatable bonds is 5. The number of benzene rings is 1. The fraction of sp³-hybridized carbons (Fsp3) is 0.474. The number of amides is 1. The van der Waals surface area contributed by atoms with Crippen LogP contribution in [-0.4, -0.2) is 30.8 Å².